The van der Waals surface area contributed by atoms with Gasteiger partial charge in [-0.05, 0) is 23.8 Å². The molecule has 0 amide bonds. The molecule has 1 saturated heterocycles. The predicted octanol–water partition coefficient (Wildman–Crippen LogP) is 3.56. The molecule has 28 heavy (non-hydrogen) atoms. The molecule has 0 unspecified atom stereocenters. The third kappa shape index (κ3) is 4.33. The first-order valence-electron chi connectivity index (χ1n) is 9.44. The van der Waals surface area contributed by atoms with Crippen molar-refractivity contribution in [2.75, 3.05) is 32.8 Å². The van der Waals surface area contributed by atoms with Gasteiger partial charge < -0.3 is 4.74 Å². The second-order valence-electron chi connectivity index (χ2n) is 6.80. The van der Waals surface area contributed by atoms with Crippen LogP contribution in [0, 0.1) is 0 Å². The topological polar surface area (TPSA) is 47.4 Å². The van der Waals surface area contributed by atoms with Crippen LogP contribution in [0.25, 0.3) is 22.4 Å². The normalized spacial score (nSPS) is 14.9. The summed E-state index contributed by atoms with van der Waals surface area (Å²) in [5, 5.41) is 5.29. The van der Waals surface area contributed by atoms with Crippen LogP contribution in [0.4, 0.5) is 0 Å². The molecule has 5 nitrogen and oxygen atoms in total. The van der Waals surface area contributed by atoms with Crippen molar-refractivity contribution >= 4 is 11.6 Å². The van der Waals surface area contributed by atoms with Crippen molar-refractivity contribution in [2.24, 2.45) is 0 Å². The minimum absolute atomic E-state index is 0.0785. The average Bonchev–Trinajstić information content (AvgIpc) is 2.74. The summed E-state index contributed by atoms with van der Waals surface area (Å²) in [5.74, 6) is 0. The van der Waals surface area contributed by atoms with Crippen molar-refractivity contribution in [3.8, 4) is 22.4 Å². The molecule has 1 fully saturated rings. The highest BCUT2D eigenvalue weighted by atomic mass is 35.5. The third-order valence-corrected chi connectivity index (χ3v) is 5.15. The van der Waals surface area contributed by atoms with Crippen LogP contribution < -0.4 is 5.56 Å². The highest BCUT2D eigenvalue weighted by Crippen LogP contribution is 2.24. The molecule has 144 valence electrons. The Morgan fingerprint density at radius 2 is 1.68 bits per heavy atom. The van der Waals surface area contributed by atoms with Crippen LogP contribution in [0.15, 0.2) is 65.5 Å². The van der Waals surface area contributed by atoms with Crippen molar-refractivity contribution in [3.63, 3.8) is 0 Å². The Kier molecular flexibility index (Phi) is 5.86. The number of morpholine rings is 1. The summed E-state index contributed by atoms with van der Waals surface area (Å²) in [4.78, 5) is 15.4. The number of halogens is 1. The lowest BCUT2D eigenvalue weighted by atomic mass is 10.0. The zero-order valence-electron chi connectivity index (χ0n) is 15.6. The standard InChI is InChI=1S/C22H22ClN3O2/c23-19-8-4-7-18(15-19)21-16-20(17-5-2-1-3-6-17)22(27)26(24-21)10-9-25-11-13-28-14-12-25/h1-8,15-16H,9-14H2. The van der Waals surface area contributed by atoms with Crippen LogP contribution in [0.3, 0.4) is 0 Å². The highest BCUT2D eigenvalue weighted by molar-refractivity contribution is 6.30. The number of rotatable bonds is 5. The molecule has 2 heterocycles. The SMILES string of the molecule is O=c1c(-c2ccccc2)cc(-c2cccc(Cl)c2)nn1CCN1CCOCC1. The molecular formula is C22H22ClN3O2. The lowest BCUT2D eigenvalue weighted by Crippen LogP contribution is -2.39. The van der Waals surface area contributed by atoms with Crippen LogP contribution in [0.5, 0.6) is 0 Å². The summed E-state index contributed by atoms with van der Waals surface area (Å²) in [7, 11) is 0. The van der Waals surface area contributed by atoms with Gasteiger partial charge in [-0.25, -0.2) is 4.68 Å². The fraction of sp³-hybridized carbons (Fsp3) is 0.273. The molecule has 6 heteroatoms. The maximum atomic E-state index is 13.1. The fourth-order valence-electron chi connectivity index (χ4n) is 3.37. The fourth-order valence-corrected chi connectivity index (χ4v) is 3.56. The van der Waals surface area contributed by atoms with Crippen LogP contribution in [-0.2, 0) is 11.3 Å². The Hall–Kier alpha value is -2.47. The third-order valence-electron chi connectivity index (χ3n) is 4.91. The Morgan fingerprint density at radius 3 is 2.43 bits per heavy atom. The molecule has 0 bridgehead atoms. The van der Waals surface area contributed by atoms with Crippen LogP contribution >= 0.6 is 11.6 Å². The Bertz CT molecular complexity index is 998. The first-order chi connectivity index (χ1) is 13.7. The van der Waals surface area contributed by atoms with E-state index in [9.17, 15) is 4.79 Å². The summed E-state index contributed by atoms with van der Waals surface area (Å²) in [5.41, 5.74) is 3.09. The quantitative estimate of drug-likeness (QED) is 0.662. The zero-order chi connectivity index (χ0) is 19.3. The van der Waals surface area contributed by atoms with E-state index in [2.05, 4.69) is 10.00 Å². The largest absolute Gasteiger partial charge is 0.379 e. The number of ether oxygens (including phenoxy) is 1. The van der Waals surface area contributed by atoms with Gasteiger partial charge in [0.2, 0.25) is 0 Å². The summed E-state index contributed by atoms with van der Waals surface area (Å²) in [6, 6.07) is 19.1. The Labute approximate surface area is 169 Å². The molecule has 1 aliphatic rings. The number of hydrogen-bond acceptors (Lipinski definition) is 4. The summed E-state index contributed by atoms with van der Waals surface area (Å²) in [6.07, 6.45) is 0. The van der Waals surface area contributed by atoms with Crippen molar-refractivity contribution in [3.05, 3.63) is 76.0 Å². The molecule has 0 saturated carbocycles. The molecule has 4 rings (SSSR count). The van der Waals surface area contributed by atoms with E-state index in [0.29, 0.717) is 17.1 Å². The number of benzene rings is 2. The lowest BCUT2D eigenvalue weighted by molar-refractivity contribution is 0.0358. The van der Waals surface area contributed by atoms with E-state index in [0.717, 1.165) is 49.7 Å². The second-order valence-corrected chi connectivity index (χ2v) is 7.24. The van der Waals surface area contributed by atoms with Gasteiger partial charge in [0.1, 0.15) is 0 Å². The highest BCUT2D eigenvalue weighted by Gasteiger charge is 2.14. The first kappa shape index (κ1) is 18.9. The second kappa shape index (κ2) is 8.69. The van der Waals surface area contributed by atoms with Crippen LogP contribution in [-0.4, -0.2) is 47.5 Å². The Morgan fingerprint density at radius 1 is 0.929 bits per heavy atom. The van der Waals surface area contributed by atoms with Gasteiger partial charge >= 0.3 is 0 Å². The molecule has 0 atom stereocenters. The number of nitrogens with zero attached hydrogens (tertiary/aromatic N) is 3. The first-order valence-corrected chi connectivity index (χ1v) is 9.82. The Balaban J connectivity index is 1.73. The van der Waals surface area contributed by atoms with E-state index in [1.807, 2.05) is 60.7 Å². The van der Waals surface area contributed by atoms with E-state index >= 15 is 0 Å². The van der Waals surface area contributed by atoms with Crippen molar-refractivity contribution in [1.29, 1.82) is 0 Å². The van der Waals surface area contributed by atoms with Gasteiger partial charge in [-0.15, -0.1) is 0 Å². The van der Waals surface area contributed by atoms with Crippen LogP contribution in [0.1, 0.15) is 0 Å². The molecule has 1 aliphatic heterocycles. The minimum atomic E-state index is -0.0785. The molecular weight excluding hydrogens is 374 g/mol. The summed E-state index contributed by atoms with van der Waals surface area (Å²) < 4.78 is 6.98. The van der Waals surface area contributed by atoms with Crippen LogP contribution in [0.2, 0.25) is 5.02 Å². The number of hydrogen-bond donors (Lipinski definition) is 0. The maximum Gasteiger partial charge on any atom is 0.274 e. The van der Waals surface area contributed by atoms with E-state index in [-0.39, 0.29) is 5.56 Å². The molecule has 3 aromatic rings. The molecule has 0 N–H and O–H groups in total. The monoisotopic (exact) mass is 395 g/mol. The van der Waals surface area contributed by atoms with Gasteiger partial charge in [-0.3, -0.25) is 9.69 Å². The molecule has 0 radical (unpaired) electrons. The average molecular weight is 396 g/mol. The number of aromatic nitrogens is 2. The molecule has 0 aliphatic carbocycles. The smallest absolute Gasteiger partial charge is 0.274 e. The van der Waals surface area contributed by atoms with E-state index in [1.54, 1.807) is 4.68 Å². The van der Waals surface area contributed by atoms with Gasteiger partial charge in [0, 0.05) is 30.2 Å². The maximum absolute atomic E-state index is 13.1. The predicted molar refractivity (Wildman–Crippen MR) is 112 cm³/mol. The van der Waals surface area contributed by atoms with Gasteiger partial charge in [-0.1, -0.05) is 54.1 Å². The van der Waals surface area contributed by atoms with Crippen molar-refractivity contribution in [2.45, 2.75) is 6.54 Å². The van der Waals surface area contributed by atoms with Crippen molar-refractivity contribution < 1.29 is 4.74 Å². The zero-order valence-corrected chi connectivity index (χ0v) is 16.3. The van der Waals surface area contributed by atoms with Gasteiger partial charge in [-0.2, -0.15) is 5.10 Å². The van der Waals surface area contributed by atoms with E-state index in [4.69, 9.17) is 16.3 Å². The summed E-state index contributed by atoms with van der Waals surface area (Å²) >= 11 is 6.17. The molecule has 1 aromatic heterocycles. The molecule has 0 spiro atoms. The van der Waals surface area contributed by atoms with E-state index in [1.165, 1.54) is 0 Å². The van der Waals surface area contributed by atoms with Gasteiger partial charge in [0.25, 0.3) is 5.56 Å². The van der Waals surface area contributed by atoms with Gasteiger partial charge in [0.15, 0.2) is 0 Å². The lowest BCUT2D eigenvalue weighted by Gasteiger charge is -2.26. The minimum Gasteiger partial charge on any atom is -0.379 e. The van der Waals surface area contributed by atoms with Crippen molar-refractivity contribution in [1.82, 2.24) is 14.7 Å². The molecule has 2 aromatic carbocycles. The van der Waals surface area contributed by atoms with Gasteiger partial charge in [0.05, 0.1) is 31.0 Å². The van der Waals surface area contributed by atoms with E-state index < -0.39 is 0 Å². The summed E-state index contributed by atoms with van der Waals surface area (Å²) in [6.45, 7) is 4.54.